The lowest BCUT2D eigenvalue weighted by Gasteiger charge is -2.37. The highest BCUT2D eigenvalue weighted by Crippen LogP contribution is 2.34. The summed E-state index contributed by atoms with van der Waals surface area (Å²) in [6.45, 7) is 1.73. The van der Waals surface area contributed by atoms with Gasteiger partial charge in [-0.15, -0.1) is 0 Å². The molecule has 29 heavy (non-hydrogen) atoms. The summed E-state index contributed by atoms with van der Waals surface area (Å²) in [6, 6.07) is 13.9. The van der Waals surface area contributed by atoms with Gasteiger partial charge in [0, 0.05) is 26.1 Å². The molecule has 2 aliphatic heterocycles. The van der Waals surface area contributed by atoms with Crippen LogP contribution in [0.2, 0.25) is 0 Å². The molecular weight excluding hydrogens is 368 g/mol. The number of hydrogen-bond donors (Lipinski definition) is 1. The molecule has 2 aliphatic rings. The molecule has 0 saturated carbocycles. The van der Waals surface area contributed by atoms with Crippen LogP contribution in [0.3, 0.4) is 0 Å². The molecule has 4 rings (SSSR count). The quantitative estimate of drug-likeness (QED) is 0.874. The Morgan fingerprint density at radius 3 is 2.45 bits per heavy atom. The van der Waals surface area contributed by atoms with Gasteiger partial charge in [0.15, 0.2) is 0 Å². The van der Waals surface area contributed by atoms with E-state index in [1.807, 2.05) is 54.6 Å². The third-order valence-electron chi connectivity index (χ3n) is 5.69. The van der Waals surface area contributed by atoms with Crippen molar-refractivity contribution in [3.8, 4) is 0 Å². The van der Waals surface area contributed by atoms with Gasteiger partial charge in [0.1, 0.15) is 6.04 Å². The number of amides is 2. The molecule has 2 heterocycles. The Labute approximate surface area is 169 Å². The molecule has 2 aromatic carbocycles. The van der Waals surface area contributed by atoms with E-state index >= 15 is 0 Å². The predicted octanol–water partition coefficient (Wildman–Crippen LogP) is 2.99. The number of carboxylic acids is 1. The fourth-order valence-electron chi connectivity index (χ4n) is 4.20. The molecule has 2 amide bonds. The Balaban J connectivity index is 1.64. The van der Waals surface area contributed by atoms with Crippen LogP contribution in [0.25, 0.3) is 6.08 Å². The first-order valence-corrected chi connectivity index (χ1v) is 9.61. The van der Waals surface area contributed by atoms with Crippen LogP contribution in [0.4, 0.5) is 0 Å². The van der Waals surface area contributed by atoms with Gasteiger partial charge in [-0.05, 0) is 28.3 Å². The molecule has 2 unspecified atom stereocenters. The van der Waals surface area contributed by atoms with Crippen LogP contribution in [0.1, 0.15) is 41.6 Å². The minimum Gasteiger partial charge on any atom is -0.480 e. The second-order valence-electron chi connectivity index (χ2n) is 7.44. The summed E-state index contributed by atoms with van der Waals surface area (Å²) in [5.74, 6) is -1.44. The van der Waals surface area contributed by atoms with E-state index in [2.05, 4.69) is 0 Å². The third kappa shape index (κ3) is 3.53. The largest absolute Gasteiger partial charge is 0.480 e. The number of hydrogen-bond acceptors (Lipinski definition) is 3. The summed E-state index contributed by atoms with van der Waals surface area (Å²) in [7, 11) is 0. The molecule has 6 heteroatoms. The average molecular weight is 390 g/mol. The lowest BCUT2D eigenvalue weighted by molar-refractivity contribution is -0.152. The Hall–Kier alpha value is -3.41. The van der Waals surface area contributed by atoms with Crippen molar-refractivity contribution < 1.29 is 19.5 Å². The average Bonchev–Trinajstić information content (AvgIpc) is 2.72. The Morgan fingerprint density at radius 1 is 1.03 bits per heavy atom. The van der Waals surface area contributed by atoms with Gasteiger partial charge in [-0.2, -0.15) is 0 Å². The molecule has 1 N–H and O–H groups in total. The van der Waals surface area contributed by atoms with Gasteiger partial charge < -0.3 is 14.9 Å². The van der Waals surface area contributed by atoms with Crippen molar-refractivity contribution in [2.75, 3.05) is 0 Å². The maximum absolute atomic E-state index is 13.3. The van der Waals surface area contributed by atoms with Crippen LogP contribution >= 0.6 is 0 Å². The van der Waals surface area contributed by atoms with Crippen molar-refractivity contribution in [3.63, 3.8) is 0 Å². The van der Waals surface area contributed by atoms with E-state index in [9.17, 15) is 19.5 Å². The lowest BCUT2D eigenvalue weighted by atomic mass is 9.91. The van der Waals surface area contributed by atoms with Gasteiger partial charge in [-0.3, -0.25) is 9.59 Å². The van der Waals surface area contributed by atoms with Crippen LogP contribution in [0.15, 0.2) is 54.7 Å². The zero-order valence-electron chi connectivity index (χ0n) is 16.1. The summed E-state index contributed by atoms with van der Waals surface area (Å²) >= 11 is 0. The molecule has 148 valence electrons. The highest BCUT2D eigenvalue weighted by Gasteiger charge is 2.37. The predicted molar refractivity (Wildman–Crippen MR) is 107 cm³/mol. The minimum absolute atomic E-state index is 0.0346. The first-order valence-electron chi connectivity index (χ1n) is 9.61. The summed E-state index contributed by atoms with van der Waals surface area (Å²) in [5, 5.41) is 9.72. The van der Waals surface area contributed by atoms with E-state index in [4.69, 9.17) is 0 Å². The van der Waals surface area contributed by atoms with Crippen LogP contribution in [-0.2, 0) is 27.3 Å². The molecule has 6 nitrogen and oxygen atoms in total. The number of rotatable bonds is 3. The number of fused-ring (bicyclic) bond motifs is 2. The van der Waals surface area contributed by atoms with Crippen molar-refractivity contribution in [1.29, 1.82) is 0 Å². The molecule has 2 atom stereocenters. The van der Waals surface area contributed by atoms with Crippen molar-refractivity contribution in [3.05, 3.63) is 77.0 Å². The van der Waals surface area contributed by atoms with Gasteiger partial charge in [-0.1, -0.05) is 48.5 Å². The number of carbonyl (C=O) groups excluding carboxylic acids is 2. The van der Waals surface area contributed by atoms with E-state index in [0.717, 1.165) is 22.3 Å². The zero-order chi connectivity index (χ0) is 20.5. The molecule has 0 aliphatic carbocycles. The summed E-state index contributed by atoms with van der Waals surface area (Å²) < 4.78 is 0. The highest BCUT2D eigenvalue weighted by atomic mass is 16.4. The van der Waals surface area contributed by atoms with Crippen molar-refractivity contribution >= 4 is 23.9 Å². The van der Waals surface area contributed by atoms with Crippen molar-refractivity contribution in [2.45, 2.75) is 38.4 Å². The fourth-order valence-corrected chi connectivity index (χ4v) is 4.20. The molecule has 0 aromatic heterocycles. The van der Waals surface area contributed by atoms with Crippen LogP contribution in [-0.4, -0.2) is 38.7 Å². The summed E-state index contributed by atoms with van der Waals surface area (Å²) in [5.41, 5.74) is 3.77. The lowest BCUT2D eigenvalue weighted by Crippen LogP contribution is -2.49. The molecule has 0 saturated heterocycles. The van der Waals surface area contributed by atoms with E-state index < -0.39 is 18.1 Å². The van der Waals surface area contributed by atoms with Crippen molar-refractivity contribution in [1.82, 2.24) is 9.80 Å². The molecule has 0 spiro atoms. The summed E-state index contributed by atoms with van der Waals surface area (Å²) in [6.07, 6.45) is 3.87. The van der Waals surface area contributed by atoms with Crippen LogP contribution in [0, 0.1) is 0 Å². The standard InChI is InChI=1S/C23H22N2O4/c1-15(26)24-11-10-16-6-4-5-9-19(16)20(24)13-22(27)25-14-18-8-3-2-7-17(18)12-21(25)23(28)29/h2-11,20-21H,12-14H2,1H3,(H,28,29). The van der Waals surface area contributed by atoms with Gasteiger partial charge in [0.25, 0.3) is 0 Å². The molecule has 0 fully saturated rings. The number of nitrogens with zero attached hydrogens (tertiary/aromatic N) is 2. The highest BCUT2D eigenvalue weighted by molar-refractivity contribution is 5.86. The fraction of sp³-hybridized carbons (Fsp3) is 0.261. The maximum atomic E-state index is 13.3. The third-order valence-corrected chi connectivity index (χ3v) is 5.69. The zero-order valence-corrected chi connectivity index (χ0v) is 16.1. The van der Waals surface area contributed by atoms with Crippen LogP contribution in [0.5, 0.6) is 0 Å². The van der Waals surface area contributed by atoms with E-state index in [0.29, 0.717) is 0 Å². The molecule has 0 radical (unpaired) electrons. The molecular formula is C23H22N2O4. The SMILES string of the molecule is CC(=O)N1C=Cc2ccccc2C1CC(=O)N1Cc2ccccc2CC1C(=O)O. The number of carboxylic acid groups (broad SMARTS) is 1. The van der Waals surface area contributed by atoms with Crippen LogP contribution < -0.4 is 0 Å². The van der Waals surface area contributed by atoms with E-state index in [-0.39, 0.29) is 31.2 Å². The normalized spacial score (nSPS) is 20.0. The Kier molecular flexibility index (Phi) is 4.92. The second-order valence-corrected chi connectivity index (χ2v) is 7.44. The first-order chi connectivity index (χ1) is 14.0. The van der Waals surface area contributed by atoms with Gasteiger partial charge in [-0.25, -0.2) is 4.79 Å². The minimum atomic E-state index is -1.01. The van der Waals surface area contributed by atoms with Gasteiger partial charge >= 0.3 is 5.97 Å². The first kappa shape index (κ1) is 18.9. The smallest absolute Gasteiger partial charge is 0.326 e. The second kappa shape index (κ2) is 7.54. The van der Waals surface area contributed by atoms with E-state index in [1.165, 1.54) is 11.8 Å². The number of carbonyl (C=O) groups is 3. The maximum Gasteiger partial charge on any atom is 0.326 e. The Bertz CT molecular complexity index is 1010. The van der Waals surface area contributed by atoms with Crippen molar-refractivity contribution in [2.24, 2.45) is 0 Å². The monoisotopic (exact) mass is 390 g/mol. The van der Waals surface area contributed by atoms with Gasteiger partial charge in [0.2, 0.25) is 11.8 Å². The Morgan fingerprint density at radius 2 is 1.72 bits per heavy atom. The number of aliphatic carboxylic acids is 1. The van der Waals surface area contributed by atoms with Gasteiger partial charge in [0.05, 0.1) is 12.5 Å². The van der Waals surface area contributed by atoms with E-state index in [1.54, 1.807) is 11.1 Å². The molecule has 2 aromatic rings. The number of benzene rings is 2. The topological polar surface area (TPSA) is 77.9 Å². The molecule has 0 bridgehead atoms. The summed E-state index contributed by atoms with van der Waals surface area (Å²) in [4.78, 5) is 40.3.